The molecule has 216 valence electrons. The first-order valence-electron chi connectivity index (χ1n) is 13.6. The number of aromatic nitrogens is 5. The monoisotopic (exact) mass is 631 g/mol. The molecule has 0 radical (unpaired) electrons. The predicted molar refractivity (Wildman–Crippen MR) is 159 cm³/mol. The quantitative estimate of drug-likeness (QED) is 0.233. The minimum atomic E-state index is -0.641. The number of benzene rings is 1. The zero-order chi connectivity index (χ0) is 29.9. The third-order valence-corrected chi connectivity index (χ3v) is 8.75. The van der Waals surface area contributed by atoms with Gasteiger partial charge < -0.3 is 15.0 Å². The molecule has 4 aromatic rings. The van der Waals surface area contributed by atoms with Gasteiger partial charge in [-0.2, -0.15) is 5.10 Å². The highest BCUT2D eigenvalue weighted by atomic mass is 79.9. The van der Waals surface area contributed by atoms with Crippen LogP contribution in [-0.4, -0.2) is 66.4 Å². The number of aryl methyl sites for hydroxylation is 2. The van der Waals surface area contributed by atoms with Crippen LogP contribution >= 0.6 is 15.9 Å². The summed E-state index contributed by atoms with van der Waals surface area (Å²) >= 11 is 3.35. The van der Waals surface area contributed by atoms with Crippen LogP contribution in [0.5, 0.6) is 5.75 Å². The molecule has 42 heavy (non-hydrogen) atoms. The standard InChI is InChI=1S/C30H30BrN7O4/c1-15-6-7-25(31)34-28(15)35-29(41)22-10-30(4)11-24(30)38(22)26(40)14-37-21-9-23(42-5)19(18-12-32-17(3)33-13-18)8-20(21)27(36-37)16(2)39/h6-9,12-13,22,24H,10-11,14H2,1-5H3,(H,34,35,41)/t22-,24+,30-/m0/s1. The second kappa shape index (κ2) is 10.3. The number of piperidine rings is 1. The third-order valence-electron chi connectivity index (χ3n) is 8.31. The Morgan fingerprint density at radius 1 is 1.14 bits per heavy atom. The van der Waals surface area contributed by atoms with Gasteiger partial charge in [-0.25, -0.2) is 15.0 Å². The summed E-state index contributed by atoms with van der Waals surface area (Å²) in [6.07, 6.45) is 4.80. The zero-order valence-electron chi connectivity index (χ0n) is 23.9. The van der Waals surface area contributed by atoms with Crippen molar-refractivity contribution in [2.24, 2.45) is 5.41 Å². The first-order valence-corrected chi connectivity index (χ1v) is 14.4. The van der Waals surface area contributed by atoms with Crippen LogP contribution in [-0.2, 0) is 16.1 Å². The first kappa shape index (κ1) is 28.0. The number of ether oxygens (including phenoxy) is 1. The van der Waals surface area contributed by atoms with Gasteiger partial charge in [0.2, 0.25) is 11.8 Å². The SMILES string of the molecule is COc1cc2c(cc1-c1cnc(C)nc1)c(C(C)=O)nn2CC(=O)N1[C@H](C(=O)Nc2nc(Br)ccc2C)C[C@@]2(C)C[C@@H]12. The van der Waals surface area contributed by atoms with Crippen molar-refractivity contribution in [3.05, 3.63) is 58.3 Å². The zero-order valence-corrected chi connectivity index (χ0v) is 25.5. The van der Waals surface area contributed by atoms with Crippen LogP contribution in [0.3, 0.4) is 0 Å². The molecule has 1 aromatic carbocycles. The van der Waals surface area contributed by atoms with E-state index in [4.69, 9.17) is 4.74 Å². The molecule has 1 aliphatic carbocycles. The summed E-state index contributed by atoms with van der Waals surface area (Å²) in [6.45, 7) is 7.08. The molecule has 3 atom stereocenters. The van der Waals surface area contributed by atoms with E-state index in [0.717, 1.165) is 17.5 Å². The highest BCUT2D eigenvalue weighted by Crippen LogP contribution is 2.59. The van der Waals surface area contributed by atoms with Crippen LogP contribution in [0.15, 0.2) is 41.3 Å². The van der Waals surface area contributed by atoms with E-state index in [1.807, 2.05) is 25.1 Å². The second-order valence-electron chi connectivity index (χ2n) is 11.3. The third kappa shape index (κ3) is 4.83. The van der Waals surface area contributed by atoms with Gasteiger partial charge in [-0.1, -0.05) is 13.0 Å². The molecular formula is C30H30BrN7O4. The number of fused-ring (bicyclic) bond motifs is 2. The number of nitrogens with zero attached hydrogens (tertiary/aromatic N) is 6. The van der Waals surface area contributed by atoms with Gasteiger partial charge in [-0.15, -0.1) is 0 Å². The molecule has 0 bridgehead atoms. The number of carbonyl (C=O) groups is 3. The molecule has 3 aromatic heterocycles. The largest absolute Gasteiger partial charge is 0.496 e. The Morgan fingerprint density at radius 3 is 2.57 bits per heavy atom. The number of hydrogen-bond donors (Lipinski definition) is 1. The van der Waals surface area contributed by atoms with Crippen LogP contribution in [0.4, 0.5) is 5.82 Å². The normalized spacial score (nSPS) is 20.9. The smallest absolute Gasteiger partial charge is 0.248 e. The number of carbonyl (C=O) groups excluding carboxylic acids is 3. The average molecular weight is 633 g/mol. The molecule has 6 rings (SSSR count). The fraction of sp³-hybridized carbons (Fsp3) is 0.367. The molecule has 0 spiro atoms. The molecule has 4 heterocycles. The van der Waals surface area contributed by atoms with Crippen molar-refractivity contribution in [1.82, 2.24) is 29.6 Å². The summed E-state index contributed by atoms with van der Waals surface area (Å²) in [5, 5.41) is 8.07. The Bertz CT molecular complexity index is 1770. The summed E-state index contributed by atoms with van der Waals surface area (Å²) in [5.41, 5.74) is 2.98. The lowest BCUT2D eigenvalue weighted by molar-refractivity contribution is -0.138. The van der Waals surface area contributed by atoms with Gasteiger partial charge in [-0.05, 0) is 65.7 Å². The van der Waals surface area contributed by atoms with E-state index in [0.29, 0.717) is 44.9 Å². The number of halogens is 1. The van der Waals surface area contributed by atoms with Crippen molar-refractivity contribution in [1.29, 1.82) is 0 Å². The molecule has 1 saturated heterocycles. The van der Waals surface area contributed by atoms with Crippen molar-refractivity contribution >= 4 is 50.2 Å². The van der Waals surface area contributed by atoms with Gasteiger partial charge in [0.1, 0.15) is 40.3 Å². The Hall–Kier alpha value is -4.19. The highest BCUT2D eigenvalue weighted by Gasteiger charge is 2.64. The van der Waals surface area contributed by atoms with Crippen molar-refractivity contribution in [3.8, 4) is 16.9 Å². The van der Waals surface area contributed by atoms with Crippen LogP contribution < -0.4 is 10.1 Å². The topological polar surface area (TPSA) is 132 Å². The van der Waals surface area contributed by atoms with Gasteiger partial charge >= 0.3 is 0 Å². The molecule has 2 amide bonds. The van der Waals surface area contributed by atoms with E-state index in [2.05, 4.69) is 48.2 Å². The fourth-order valence-electron chi connectivity index (χ4n) is 5.91. The van der Waals surface area contributed by atoms with E-state index < -0.39 is 6.04 Å². The van der Waals surface area contributed by atoms with Gasteiger partial charge in [-0.3, -0.25) is 19.1 Å². The van der Waals surface area contributed by atoms with Crippen molar-refractivity contribution in [2.75, 3.05) is 12.4 Å². The van der Waals surface area contributed by atoms with Gasteiger partial charge in [0.15, 0.2) is 5.78 Å². The Morgan fingerprint density at radius 2 is 1.88 bits per heavy atom. The maximum absolute atomic E-state index is 13.9. The molecule has 1 saturated carbocycles. The maximum atomic E-state index is 13.9. The van der Waals surface area contributed by atoms with Crippen LogP contribution in [0.1, 0.15) is 48.6 Å². The minimum Gasteiger partial charge on any atom is -0.496 e. The lowest BCUT2D eigenvalue weighted by Crippen LogP contribution is -2.47. The minimum absolute atomic E-state index is 0.0332. The van der Waals surface area contributed by atoms with E-state index in [9.17, 15) is 14.4 Å². The number of anilines is 1. The lowest BCUT2D eigenvalue weighted by atomic mass is 10.0. The number of likely N-dealkylation sites (tertiary alicyclic amines) is 1. The number of pyridine rings is 1. The van der Waals surface area contributed by atoms with Crippen LogP contribution in [0.25, 0.3) is 22.0 Å². The lowest BCUT2D eigenvalue weighted by Gasteiger charge is -2.27. The number of hydrogen-bond acceptors (Lipinski definition) is 8. The number of methoxy groups -OCH3 is 1. The van der Waals surface area contributed by atoms with Crippen molar-refractivity contribution in [3.63, 3.8) is 0 Å². The molecule has 11 nitrogen and oxygen atoms in total. The Labute approximate surface area is 250 Å². The van der Waals surface area contributed by atoms with E-state index in [1.165, 1.54) is 11.6 Å². The van der Waals surface area contributed by atoms with E-state index in [-0.39, 0.29) is 41.3 Å². The summed E-state index contributed by atoms with van der Waals surface area (Å²) in [6, 6.07) is 6.60. The first-order chi connectivity index (χ1) is 20.0. The molecule has 0 unspecified atom stereocenters. The number of rotatable bonds is 7. The second-order valence-corrected chi connectivity index (χ2v) is 12.1. The predicted octanol–water partition coefficient (Wildman–Crippen LogP) is 4.50. The van der Waals surface area contributed by atoms with Crippen LogP contribution in [0.2, 0.25) is 0 Å². The highest BCUT2D eigenvalue weighted by molar-refractivity contribution is 9.10. The van der Waals surface area contributed by atoms with Gasteiger partial charge in [0, 0.05) is 47.9 Å². The summed E-state index contributed by atoms with van der Waals surface area (Å²) in [4.78, 5) is 54.7. The number of Topliss-reactive ketones (excluding diaryl/α,β-unsaturated/α-hetero) is 1. The Balaban J connectivity index is 1.33. The summed E-state index contributed by atoms with van der Waals surface area (Å²) in [5.74, 6) is 0.884. The molecule has 12 heteroatoms. The maximum Gasteiger partial charge on any atom is 0.248 e. The summed E-state index contributed by atoms with van der Waals surface area (Å²) < 4.78 is 7.82. The van der Waals surface area contributed by atoms with Crippen molar-refractivity contribution < 1.29 is 19.1 Å². The molecule has 2 aliphatic rings. The van der Waals surface area contributed by atoms with Gasteiger partial charge in [0.05, 0.1) is 12.6 Å². The fourth-order valence-corrected chi connectivity index (χ4v) is 6.22. The summed E-state index contributed by atoms with van der Waals surface area (Å²) in [7, 11) is 1.56. The van der Waals surface area contributed by atoms with Crippen LogP contribution in [0, 0.1) is 19.3 Å². The van der Waals surface area contributed by atoms with Gasteiger partial charge in [0.25, 0.3) is 0 Å². The van der Waals surface area contributed by atoms with Crippen molar-refractivity contribution in [2.45, 2.75) is 59.2 Å². The number of ketones is 1. The Kier molecular flexibility index (Phi) is 6.83. The van der Waals surface area contributed by atoms with E-state index >= 15 is 0 Å². The number of nitrogens with one attached hydrogen (secondary N) is 1. The van der Waals surface area contributed by atoms with E-state index in [1.54, 1.807) is 37.4 Å². The molecule has 1 N–H and O–H groups in total. The molecule has 1 aliphatic heterocycles. The molecular weight excluding hydrogens is 602 g/mol. The molecule has 2 fully saturated rings. The average Bonchev–Trinajstić information content (AvgIpc) is 3.33. The number of amides is 2.